The number of benzene rings is 1. The number of hydrogen-bond acceptors (Lipinski definition) is 6. The average Bonchev–Trinajstić information content (AvgIpc) is 3.23. The summed E-state index contributed by atoms with van der Waals surface area (Å²) in [4.78, 5) is 22.6. The van der Waals surface area contributed by atoms with E-state index >= 15 is 0 Å². The topological polar surface area (TPSA) is 132 Å². The van der Waals surface area contributed by atoms with E-state index in [2.05, 4.69) is 15.5 Å². The number of rotatable bonds is 5. The van der Waals surface area contributed by atoms with Gasteiger partial charge in [0.15, 0.2) is 5.69 Å². The van der Waals surface area contributed by atoms with Crippen LogP contribution >= 0.6 is 11.6 Å². The zero-order valence-corrected chi connectivity index (χ0v) is 15.6. The highest BCUT2D eigenvalue weighted by Crippen LogP contribution is 2.22. The second-order valence-corrected chi connectivity index (χ2v) is 6.30. The highest BCUT2D eigenvalue weighted by atomic mass is 35.5. The Bertz CT molecular complexity index is 1130. The SMILES string of the molecule is Cc1nn(Cn2ccc(C(=O)Nc3ccc([N+](=O)[O-])cc3C#N)n2)c(C)c1Cl. The number of carbonyl (C=O) groups is 1. The number of aromatic nitrogens is 4. The van der Waals surface area contributed by atoms with Gasteiger partial charge in [0.05, 0.1) is 32.6 Å². The molecule has 0 radical (unpaired) electrons. The Morgan fingerprint density at radius 3 is 2.71 bits per heavy atom. The van der Waals surface area contributed by atoms with E-state index in [1.807, 2.05) is 13.0 Å². The van der Waals surface area contributed by atoms with Crippen molar-refractivity contribution in [2.75, 3.05) is 5.32 Å². The van der Waals surface area contributed by atoms with Crippen molar-refractivity contribution >= 4 is 28.9 Å². The largest absolute Gasteiger partial charge is 0.319 e. The molecule has 1 N–H and O–H groups in total. The van der Waals surface area contributed by atoms with Crippen LogP contribution in [0.2, 0.25) is 5.02 Å². The number of hydrogen-bond donors (Lipinski definition) is 1. The minimum Gasteiger partial charge on any atom is -0.319 e. The summed E-state index contributed by atoms with van der Waals surface area (Å²) in [5, 5.41) is 31.6. The van der Waals surface area contributed by atoms with Crippen LogP contribution < -0.4 is 5.32 Å². The molecule has 0 unspecified atom stereocenters. The minimum absolute atomic E-state index is 0.0146. The zero-order chi connectivity index (χ0) is 20.4. The van der Waals surface area contributed by atoms with Crippen molar-refractivity contribution in [3.05, 3.63) is 68.2 Å². The predicted molar refractivity (Wildman–Crippen MR) is 100 cm³/mol. The number of amides is 1. The number of aryl methyl sites for hydroxylation is 1. The number of nitrogens with one attached hydrogen (secondary N) is 1. The molecule has 0 atom stereocenters. The Hall–Kier alpha value is -3.71. The van der Waals surface area contributed by atoms with Crippen LogP contribution in [0.4, 0.5) is 11.4 Å². The van der Waals surface area contributed by atoms with Crippen LogP contribution in [0.5, 0.6) is 0 Å². The van der Waals surface area contributed by atoms with Crippen LogP contribution in [0.15, 0.2) is 30.5 Å². The van der Waals surface area contributed by atoms with E-state index in [0.29, 0.717) is 10.7 Å². The molecule has 0 aliphatic rings. The average molecular weight is 400 g/mol. The smallest absolute Gasteiger partial charge is 0.276 e. The van der Waals surface area contributed by atoms with Crippen LogP contribution in [-0.4, -0.2) is 30.4 Å². The molecule has 0 saturated carbocycles. The molecule has 142 valence electrons. The standard InChI is InChI=1S/C17H14ClN7O3/c1-10-16(18)11(2)24(21-10)9-23-6-5-15(22-23)17(26)20-14-4-3-13(25(27)28)7-12(14)8-19/h3-7H,9H2,1-2H3,(H,20,26). The van der Waals surface area contributed by atoms with Gasteiger partial charge in [0, 0.05) is 18.3 Å². The summed E-state index contributed by atoms with van der Waals surface area (Å²) in [6.45, 7) is 3.90. The van der Waals surface area contributed by atoms with Gasteiger partial charge in [-0.2, -0.15) is 15.5 Å². The maximum Gasteiger partial charge on any atom is 0.276 e. The number of nitro benzene ring substituents is 1. The lowest BCUT2D eigenvalue weighted by Crippen LogP contribution is -2.16. The van der Waals surface area contributed by atoms with Crippen molar-refractivity contribution in [3.8, 4) is 6.07 Å². The Morgan fingerprint density at radius 1 is 1.36 bits per heavy atom. The predicted octanol–water partition coefficient (Wildman–Crippen LogP) is 2.89. The molecule has 2 aromatic heterocycles. The quantitative estimate of drug-likeness (QED) is 0.518. The molecule has 3 aromatic rings. The Labute approximate surface area is 164 Å². The summed E-state index contributed by atoms with van der Waals surface area (Å²) in [7, 11) is 0. The van der Waals surface area contributed by atoms with Crippen LogP contribution in [0.1, 0.15) is 27.4 Å². The maximum atomic E-state index is 12.4. The second-order valence-electron chi connectivity index (χ2n) is 5.92. The molecule has 28 heavy (non-hydrogen) atoms. The van der Waals surface area contributed by atoms with Gasteiger partial charge in [0.1, 0.15) is 12.7 Å². The van der Waals surface area contributed by atoms with Crippen molar-refractivity contribution in [3.63, 3.8) is 0 Å². The van der Waals surface area contributed by atoms with Crippen LogP contribution in [0.3, 0.4) is 0 Å². The van der Waals surface area contributed by atoms with Gasteiger partial charge >= 0.3 is 0 Å². The van der Waals surface area contributed by atoms with Crippen LogP contribution in [0, 0.1) is 35.3 Å². The molecule has 0 bridgehead atoms. The number of carbonyl (C=O) groups excluding carboxylic acids is 1. The molecular weight excluding hydrogens is 386 g/mol. The van der Waals surface area contributed by atoms with Crippen LogP contribution in [-0.2, 0) is 6.67 Å². The summed E-state index contributed by atoms with van der Waals surface area (Å²) in [6, 6.07) is 6.96. The molecule has 1 aromatic carbocycles. The van der Waals surface area contributed by atoms with Crippen molar-refractivity contribution in [1.29, 1.82) is 5.26 Å². The fourth-order valence-corrected chi connectivity index (χ4v) is 2.68. The van der Waals surface area contributed by atoms with E-state index in [-0.39, 0.29) is 29.3 Å². The number of non-ortho nitro benzene ring substituents is 1. The summed E-state index contributed by atoms with van der Waals surface area (Å²) in [5.74, 6) is -0.546. The Balaban J connectivity index is 1.77. The molecule has 3 rings (SSSR count). The first-order valence-electron chi connectivity index (χ1n) is 8.03. The summed E-state index contributed by atoms with van der Waals surface area (Å²) < 4.78 is 3.18. The van der Waals surface area contributed by atoms with E-state index in [9.17, 15) is 14.9 Å². The van der Waals surface area contributed by atoms with Crippen molar-refractivity contribution in [2.45, 2.75) is 20.5 Å². The minimum atomic E-state index is -0.612. The molecule has 0 saturated heterocycles. The lowest BCUT2D eigenvalue weighted by Gasteiger charge is -2.06. The van der Waals surface area contributed by atoms with E-state index in [4.69, 9.17) is 16.9 Å². The van der Waals surface area contributed by atoms with Gasteiger partial charge < -0.3 is 5.32 Å². The molecular formula is C17H14ClN7O3. The molecule has 2 heterocycles. The number of nitrogens with zero attached hydrogens (tertiary/aromatic N) is 6. The molecule has 11 heteroatoms. The molecule has 0 aliphatic carbocycles. The third-order valence-electron chi connectivity index (χ3n) is 4.03. The first-order valence-corrected chi connectivity index (χ1v) is 8.40. The lowest BCUT2D eigenvalue weighted by molar-refractivity contribution is -0.384. The first kappa shape index (κ1) is 19.1. The van der Waals surface area contributed by atoms with E-state index in [0.717, 1.165) is 11.8 Å². The number of halogens is 1. The Morgan fingerprint density at radius 2 is 2.11 bits per heavy atom. The lowest BCUT2D eigenvalue weighted by atomic mass is 10.1. The molecule has 0 aliphatic heterocycles. The van der Waals surface area contributed by atoms with E-state index < -0.39 is 10.8 Å². The molecule has 1 amide bonds. The monoisotopic (exact) mass is 399 g/mol. The highest BCUT2D eigenvalue weighted by Gasteiger charge is 2.16. The van der Waals surface area contributed by atoms with Crippen LogP contribution in [0.25, 0.3) is 0 Å². The third kappa shape index (κ3) is 3.70. The van der Waals surface area contributed by atoms with Gasteiger partial charge in [0.2, 0.25) is 0 Å². The first-order chi connectivity index (χ1) is 13.3. The van der Waals surface area contributed by atoms with Gasteiger partial charge in [0.25, 0.3) is 11.6 Å². The van der Waals surface area contributed by atoms with Gasteiger partial charge in [-0.25, -0.2) is 4.68 Å². The van der Waals surface area contributed by atoms with Crippen molar-refractivity contribution in [1.82, 2.24) is 19.6 Å². The van der Waals surface area contributed by atoms with E-state index in [1.165, 1.54) is 22.9 Å². The second kappa shape index (κ2) is 7.50. The number of nitriles is 1. The molecule has 0 spiro atoms. The van der Waals surface area contributed by atoms with Gasteiger partial charge in [-0.3, -0.25) is 19.6 Å². The maximum absolute atomic E-state index is 12.4. The van der Waals surface area contributed by atoms with Crippen molar-refractivity contribution in [2.24, 2.45) is 0 Å². The molecule has 0 fully saturated rings. The summed E-state index contributed by atoms with van der Waals surface area (Å²) >= 11 is 6.12. The highest BCUT2D eigenvalue weighted by molar-refractivity contribution is 6.31. The van der Waals surface area contributed by atoms with Gasteiger partial charge in [-0.05, 0) is 26.0 Å². The zero-order valence-electron chi connectivity index (χ0n) is 14.9. The summed E-state index contributed by atoms with van der Waals surface area (Å²) in [5.41, 5.74) is 1.52. The molecule has 10 nitrogen and oxygen atoms in total. The number of anilines is 1. The number of nitro groups is 1. The fourth-order valence-electron chi connectivity index (χ4n) is 2.55. The fraction of sp³-hybridized carbons (Fsp3) is 0.176. The Kier molecular flexibility index (Phi) is 5.10. The van der Waals surface area contributed by atoms with Crippen molar-refractivity contribution < 1.29 is 9.72 Å². The third-order valence-corrected chi connectivity index (χ3v) is 4.57. The summed E-state index contributed by atoms with van der Waals surface area (Å²) in [6.07, 6.45) is 1.61. The van der Waals surface area contributed by atoms with Gasteiger partial charge in [-0.1, -0.05) is 11.6 Å². The van der Waals surface area contributed by atoms with E-state index in [1.54, 1.807) is 17.8 Å². The normalized spacial score (nSPS) is 10.5. The van der Waals surface area contributed by atoms with Gasteiger partial charge in [-0.15, -0.1) is 0 Å².